The van der Waals surface area contributed by atoms with Crippen LogP contribution in [0.1, 0.15) is 13.3 Å². The van der Waals surface area contributed by atoms with E-state index >= 15 is 0 Å². The molecule has 0 aromatic heterocycles. The lowest BCUT2D eigenvalue weighted by molar-refractivity contribution is -0.134. The number of anilines is 1. The van der Waals surface area contributed by atoms with Gasteiger partial charge in [-0.05, 0) is 19.1 Å². The lowest BCUT2D eigenvalue weighted by Gasteiger charge is -2.35. The van der Waals surface area contributed by atoms with E-state index in [0.717, 1.165) is 10.6 Å². The van der Waals surface area contributed by atoms with E-state index in [2.05, 4.69) is 10.6 Å². The normalized spacial score (nSPS) is 20.3. The minimum atomic E-state index is -0.397. The van der Waals surface area contributed by atoms with Crippen LogP contribution in [0.15, 0.2) is 29.2 Å². The molecule has 2 heterocycles. The fourth-order valence-corrected chi connectivity index (χ4v) is 4.23. The summed E-state index contributed by atoms with van der Waals surface area (Å²) < 4.78 is 0. The zero-order valence-corrected chi connectivity index (χ0v) is 15.7. The summed E-state index contributed by atoms with van der Waals surface area (Å²) in [4.78, 5) is 41.3. The fourth-order valence-electron chi connectivity index (χ4n) is 3.13. The second-order valence-electron chi connectivity index (χ2n) is 6.41. The molecule has 1 aromatic carbocycles. The molecular weight excluding hydrogens is 352 g/mol. The van der Waals surface area contributed by atoms with Crippen LogP contribution in [0.25, 0.3) is 0 Å². The van der Waals surface area contributed by atoms with Gasteiger partial charge >= 0.3 is 0 Å². The summed E-state index contributed by atoms with van der Waals surface area (Å²) in [7, 11) is 0. The molecule has 0 radical (unpaired) electrons. The van der Waals surface area contributed by atoms with Gasteiger partial charge in [0.1, 0.15) is 0 Å². The van der Waals surface area contributed by atoms with Crippen LogP contribution in [0.3, 0.4) is 0 Å². The van der Waals surface area contributed by atoms with Gasteiger partial charge in [0.25, 0.3) is 0 Å². The van der Waals surface area contributed by atoms with Crippen LogP contribution in [-0.4, -0.2) is 72.0 Å². The van der Waals surface area contributed by atoms with Crippen LogP contribution >= 0.6 is 11.8 Å². The Bertz CT molecular complexity index is 689. The van der Waals surface area contributed by atoms with Crippen molar-refractivity contribution in [2.75, 3.05) is 44.6 Å². The predicted molar refractivity (Wildman–Crippen MR) is 101 cm³/mol. The molecule has 1 unspecified atom stereocenters. The number of carbonyl (C=O) groups is 3. The number of hydrogen-bond acceptors (Lipinski definition) is 5. The SMILES string of the molecule is CCNC(=O)CN1CCN(C(=O)CC2Sc3ccccc3NC2=O)CC1. The number of fused-ring (bicyclic) bond motifs is 1. The molecule has 1 saturated heterocycles. The highest BCUT2D eigenvalue weighted by Gasteiger charge is 2.31. The van der Waals surface area contributed by atoms with Gasteiger partial charge in [-0.1, -0.05) is 12.1 Å². The summed E-state index contributed by atoms with van der Waals surface area (Å²) in [5, 5.41) is 5.26. The molecule has 140 valence electrons. The number of benzene rings is 1. The van der Waals surface area contributed by atoms with Gasteiger partial charge in [0.05, 0.1) is 17.5 Å². The highest BCUT2D eigenvalue weighted by molar-refractivity contribution is 8.01. The van der Waals surface area contributed by atoms with E-state index in [1.807, 2.05) is 36.1 Å². The van der Waals surface area contributed by atoms with E-state index in [-0.39, 0.29) is 24.1 Å². The minimum Gasteiger partial charge on any atom is -0.355 e. The topological polar surface area (TPSA) is 81.8 Å². The van der Waals surface area contributed by atoms with E-state index in [1.54, 1.807) is 4.90 Å². The Morgan fingerprint density at radius 1 is 1.23 bits per heavy atom. The first-order valence-corrected chi connectivity index (χ1v) is 9.78. The number of thioether (sulfide) groups is 1. The second-order valence-corrected chi connectivity index (χ2v) is 7.65. The highest BCUT2D eigenvalue weighted by Crippen LogP contribution is 2.36. The van der Waals surface area contributed by atoms with Crippen LogP contribution in [0, 0.1) is 0 Å². The maximum Gasteiger partial charge on any atom is 0.238 e. The Morgan fingerprint density at radius 2 is 1.96 bits per heavy atom. The first-order valence-electron chi connectivity index (χ1n) is 8.90. The third-order valence-corrected chi connectivity index (χ3v) is 5.81. The number of likely N-dealkylation sites (N-methyl/N-ethyl adjacent to an activating group) is 1. The number of rotatable bonds is 5. The van der Waals surface area contributed by atoms with Crippen LogP contribution in [0.5, 0.6) is 0 Å². The molecule has 26 heavy (non-hydrogen) atoms. The smallest absolute Gasteiger partial charge is 0.238 e. The Labute approximate surface area is 157 Å². The van der Waals surface area contributed by atoms with Crippen LogP contribution in [0.4, 0.5) is 5.69 Å². The van der Waals surface area contributed by atoms with Crippen molar-refractivity contribution in [3.8, 4) is 0 Å². The summed E-state index contributed by atoms with van der Waals surface area (Å²) >= 11 is 1.45. The van der Waals surface area contributed by atoms with Crippen molar-refractivity contribution in [3.05, 3.63) is 24.3 Å². The van der Waals surface area contributed by atoms with Crippen molar-refractivity contribution in [3.63, 3.8) is 0 Å². The molecule has 0 spiro atoms. The number of carbonyl (C=O) groups excluding carboxylic acids is 3. The van der Waals surface area contributed by atoms with Crippen molar-refractivity contribution >= 4 is 35.2 Å². The molecule has 1 fully saturated rings. The Balaban J connectivity index is 1.49. The van der Waals surface area contributed by atoms with E-state index in [1.165, 1.54) is 11.8 Å². The summed E-state index contributed by atoms with van der Waals surface area (Å²) in [5.74, 6) is -0.104. The molecule has 3 rings (SSSR count). The summed E-state index contributed by atoms with van der Waals surface area (Å²) in [5.41, 5.74) is 0.810. The first-order chi connectivity index (χ1) is 12.6. The maximum atomic E-state index is 12.6. The van der Waals surface area contributed by atoms with Crippen LogP contribution in [-0.2, 0) is 14.4 Å². The monoisotopic (exact) mass is 376 g/mol. The standard InChI is InChI=1S/C18H24N4O3S/c1-2-19-16(23)12-21-7-9-22(10-8-21)17(24)11-15-18(25)20-13-5-3-4-6-14(13)26-15/h3-6,15H,2,7-12H2,1H3,(H,19,23)(H,20,25). The quantitative estimate of drug-likeness (QED) is 0.793. The Hall–Kier alpha value is -2.06. The first kappa shape index (κ1) is 18.7. The van der Waals surface area contributed by atoms with Crippen molar-refractivity contribution in [2.45, 2.75) is 23.5 Å². The minimum absolute atomic E-state index is 0.00492. The van der Waals surface area contributed by atoms with Gasteiger partial charge in [-0.3, -0.25) is 19.3 Å². The lowest BCUT2D eigenvalue weighted by Crippen LogP contribution is -2.51. The molecule has 2 N–H and O–H groups in total. The number of nitrogens with zero attached hydrogens (tertiary/aromatic N) is 2. The van der Waals surface area contributed by atoms with E-state index in [0.29, 0.717) is 39.3 Å². The highest BCUT2D eigenvalue weighted by atomic mass is 32.2. The van der Waals surface area contributed by atoms with Crippen molar-refractivity contribution in [1.82, 2.24) is 15.1 Å². The summed E-state index contributed by atoms with van der Waals surface area (Å²) in [6, 6.07) is 7.63. The van der Waals surface area contributed by atoms with Gasteiger partial charge in [-0.2, -0.15) is 0 Å². The largest absolute Gasteiger partial charge is 0.355 e. The van der Waals surface area contributed by atoms with E-state index in [4.69, 9.17) is 0 Å². The third-order valence-electron chi connectivity index (χ3n) is 4.53. The van der Waals surface area contributed by atoms with Crippen LogP contribution in [0.2, 0.25) is 0 Å². The molecule has 8 heteroatoms. The van der Waals surface area contributed by atoms with Gasteiger partial charge in [0.15, 0.2) is 0 Å². The van der Waals surface area contributed by atoms with Gasteiger partial charge in [0.2, 0.25) is 17.7 Å². The van der Waals surface area contributed by atoms with Gasteiger partial charge < -0.3 is 15.5 Å². The number of para-hydroxylation sites is 1. The average molecular weight is 376 g/mol. The molecule has 0 bridgehead atoms. The maximum absolute atomic E-state index is 12.6. The molecule has 0 aliphatic carbocycles. The average Bonchev–Trinajstić information content (AvgIpc) is 2.63. The number of nitrogens with one attached hydrogen (secondary N) is 2. The van der Waals surface area contributed by atoms with E-state index in [9.17, 15) is 14.4 Å². The van der Waals surface area contributed by atoms with Crippen molar-refractivity contribution < 1.29 is 14.4 Å². The zero-order chi connectivity index (χ0) is 18.5. The molecule has 7 nitrogen and oxygen atoms in total. The molecule has 2 aliphatic heterocycles. The van der Waals surface area contributed by atoms with Crippen molar-refractivity contribution in [2.24, 2.45) is 0 Å². The zero-order valence-electron chi connectivity index (χ0n) is 14.9. The third kappa shape index (κ3) is 4.56. The Kier molecular flexibility index (Phi) is 6.16. The molecular formula is C18H24N4O3S. The molecule has 2 aliphatic rings. The number of piperazine rings is 1. The molecule has 3 amide bonds. The van der Waals surface area contributed by atoms with Gasteiger partial charge in [0, 0.05) is 44.0 Å². The van der Waals surface area contributed by atoms with Crippen LogP contribution < -0.4 is 10.6 Å². The van der Waals surface area contributed by atoms with Crippen molar-refractivity contribution in [1.29, 1.82) is 0 Å². The fraction of sp³-hybridized carbons (Fsp3) is 0.500. The van der Waals surface area contributed by atoms with Gasteiger partial charge in [-0.25, -0.2) is 0 Å². The number of amides is 3. The lowest BCUT2D eigenvalue weighted by atomic mass is 10.2. The molecule has 1 aromatic rings. The van der Waals surface area contributed by atoms with Gasteiger partial charge in [-0.15, -0.1) is 11.8 Å². The summed E-state index contributed by atoms with van der Waals surface area (Å²) in [6.45, 7) is 5.43. The number of hydrogen-bond donors (Lipinski definition) is 2. The summed E-state index contributed by atoms with van der Waals surface area (Å²) in [6.07, 6.45) is 0.196. The van der Waals surface area contributed by atoms with E-state index < -0.39 is 5.25 Å². The predicted octanol–water partition coefficient (Wildman–Crippen LogP) is 0.770. The Morgan fingerprint density at radius 3 is 2.69 bits per heavy atom. The molecule has 1 atom stereocenters. The second kappa shape index (κ2) is 8.55. The molecule has 0 saturated carbocycles.